The summed E-state index contributed by atoms with van der Waals surface area (Å²) in [6.07, 6.45) is 1.89. The maximum Gasteiger partial charge on any atom is 0.135 e. The highest BCUT2D eigenvalue weighted by Crippen LogP contribution is 2.20. The number of aryl methyl sites for hydroxylation is 2. The van der Waals surface area contributed by atoms with E-state index in [0.29, 0.717) is 13.2 Å². The molecular formula is C15H17N3O. The number of hydrogen-bond donors (Lipinski definition) is 1. The third-order valence-corrected chi connectivity index (χ3v) is 2.60. The van der Waals surface area contributed by atoms with Crippen molar-refractivity contribution >= 4 is 0 Å². The van der Waals surface area contributed by atoms with Crippen LogP contribution in [0.4, 0.5) is 0 Å². The van der Waals surface area contributed by atoms with E-state index in [1.54, 1.807) is 4.68 Å². The van der Waals surface area contributed by atoms with Crippen molar-refractivity contribution in [3.05, 3.63) is 47.3 Å². The lowest BCUT2D eigenvalue weighted by Crippen LogP contribution is -2.00. The summed E-state index contributed by atoms with van der Waals surface area (Å²) in [4.78, 5) is 0. The van der Waals surface area contributed by atoms with Gasteiger partial charge in [-0.05, 0) is 30.7 Å². The first-order valence-corrected chi connectivity index (χ1v) is 6.10. The molecule has 1 aromatic heterocycles. The van der Waals surface area contributed by atoms with E-state index in [-0.39, 0.29) is 0 Å². The van der Waals surface area contributed by atoms with E-state index in [0.717, 1.165) is 22.6 Å². The Hall–Kier alpha value is -2.25. The van der Waals surface area contributed by atoms with Gasteiger partial charge in [-0.25, -0.2) is 0 Å². The summed E-state index contributed by atoms with van der Waals surface area (Å²) < 4.78 is 7.52. The highest BCUT2D eigenvalue weighted by Gasteiger charge is 2.04. The van der Waals surface area contributed by atoms with Gasteiger partial charge < -0.3 is 10.5 Å². The molecule has 2 aromatic rings. The quantitative estimate of drug-likeness (QED) is 0.848. The topological polar surface area (TPSA) is 53.1 Å². The second-order valence-electron chi connectivity index (χ2n) is 4.27. The van der Waals surface area contributed by atoms with Crippen molar-refractivity contribution in [3.8, 4) is 17.6 Å². The van der Waals surface area contributed by atoms with Crippen LogP contribution >= 0.6 is 0 Å². The Kier molecular flexibility index (Phi) is 4.22. The van der Waals surface area contributed by atoms with E-state index in [2.05, 4.69) is 16.9 Å². The Morgan fingerprint density at radius 1 is 1.37 bits per heavy atom. The number of aromatic nitrogens is 2. The molecule has 0 fully saturated rings. The number of hydrogen-bond acceptors (Lipinski definition) is 3. The van der Waals surface area contributed by atoms with Crippen LogP contribution in [0.15, 0.2) is 30.5 Å². The Labute approximate surface area is 113 Å². The molecule has 1 heterocycles. The number of benzene rings is 1. The van der Waals surface area contributed by atoms with Crippen LogP contribution in [0.3, 0.4) is 0 Å². The molecule has 0 aliphatic heterocycles. The first kappa shape index (κ1) is 13.2. The van der Waals surface area contributed by atoms with Gasteiger partial charge in [0.15, 0.2) is 0 Å². The molecule has 0 saturated heterocycles. The largest absolute Gasteiger partial charge is 0.486 e. The average molecular weight is 255 g/mol. The predicted octanol–water partition coefficient (Wildman–Crippen LogP) is 1.62. The maximum absolute atomic E-state index is 5.77. The molecule has 98 valence electrons. The number of rotatable bonds is 3. The molecule has 0 unspecified atom stereocenters. The Morgan fingerprint density at radius 3 is 2.89 bits per heavy atom. The average Bonchev–Trinajstić information content (AvgIpc) is 2.81. The fourth-order valence-corrected chi connectivity index (χ4v) is 1.71. The molecule has 0 bridgehead atoms. The summed E-state index contributed by atoms with van der Waals surface area (Å²) in [5, 5.41) is 4.27. The Bertz CT molecular complexity index is 620. The Balaban J connectivity index is 2.15. The summed E-state index contributed by atoms with van der Waals surface area (Å²) in [7, 11) is 1.88. The van der Waals surface area contributed by atoms with E-state index in [9.17, 15) is 0 Å². The van der Waals surface area contributed by atoms with Crippen molar-refractivity contribution in [2.45, 2.75) is 13.5 Å². The van der Waals surface area contributed by atoms with Gasteiger partial charge in [-0.15, -0.1) is 0 Å². The molecule has 0 amide bonds. The van der Waals surface area contributed by atoms with Crippen LogP contribution in [0, 0.1) is 18.8 Å². The zero-order valence-electron chi connectivity index (χ0n) is 11.2. The molecule has 0 radical (unpaired) electrons. The maximum atomic E-state index is 5.77. The van der Waals surface area contributed by atoms with Crippen LogP contribution in [0.25, 0.3) is 0 Å². The summed E-state index contributed by atoms with van der Waals surface area (Å²) in [6, 6.07) is 7.86. The normalized spacial score (nSPS) is 9.84. The minimum absolute atomic E-state index is 0.341. The fourth-order valence-electron chi connectivity index (χ4n) is 1.71. The molecule has 4 heteroatoms. The lowest BCUT2D eigenvalue weighted by atomic mass is 10.1. The summed E-state index contributed by atoms with van der Waals surface area (Å²) in [5.74, 6) is 6.64. The van der Waals surface area contributed by atoms with E-state index in [1.807, 2.05) is 44.4 Å². The monoisotopic (exact) mass is 255 g/mol. The van der Waals surface area contributed by atoms with Crippen LogP contribution < -0.4 is 10.5 Å². The van der Waals surface area contributed by atoms with Gasteiger partial charge in [0.1, 0.15) is 12.4 Å². The predicted molar refractivity (Wildman–Crippen MR) is 74.7 cm³/mol. The van der Waals surface area contributed by atoms with Gasteiger partial charge in [-0.3, -0.25) is 4.68 Å². The zero-order valence-corrected chi connectivity index (χ0v) is 11.2. The molecule has 0 spiro atoms. The van der Waals surface area contributed by atoms with E-state index in [4.69, 9.17) is 10.5 Å². The summed E-state index contributed by atoms with van der Waals surface area (Å²) in [6.45, 7) is 2.80. The molecule has 19 heavy (non-hydrogen) atoms. The smallest absolute Gasteiger partial charge is 0.135 e. The number of nitrogens with two attached hydrogens (primary N) is 1. The molecular weight excluding hydrogens is 238 g/mol. The highest BCUT2D eigenvalue weighted by molar-refractivity contribution is 5.48. The van der Waals surface area contributed by atoms with Crippen LogP contribution in [0.1, 0.15) is 16.8 Å². The van der Waals surface area contributed by atoms with E-state index < -0.39 is 0 Å². The molecule has 1 aromatic carbocycles. The van der Waals surface area contributed by atoms with Gasteiger partial charge in [0.05, 0.1) is 17.8 Å². The summed E-state index contributed by atoms with van der Waals surface area (Å²) in [5.41, 5.74) is 8.30. The van der Waals surface area contributed by atoms with Gasteiger partial charge in [0, 0.05) is 13.2 Å². The molecule has 2 N–H and O–H groups in total. The lowest BCUT2D eigenvalue weighted by Gasteiger charge is -2.07. The minimum atomic E-state index is 0.341. The third kappa shape index (κ3) is 3.60. The van der Waals surface area contributed by atoms with Gasteiger partial charge in [-0.1, -0.05) is 17.9 Å². The number of nitrogens with zero attached hydrogens (tertiary/aromatic N) is 2. The van der Waals surface area contributed by atoms with Crippen LogP contribution in [-0.4, -0.2) is 16.3 Å². The first-order valence-electron chi connectivity index (χ1n) is 6.10. The minimum Gasteiger partial charge on any atom is -0.486 e. The molecule has 0 atom stereocenters. The molecule has 4 nitrogen and oxygen atoms in total. The Morgan fingerprint density at radius 2 is 2.21 bits per heavy atom. The van der Waals surface area contributed by atoms with Gasteiger partial charge in [0.25, 0.3) is 0 Å². The van der Waals surface area contributed by atoms with E-state index in [1.165, 1.54) is 0 Å². The second-order valence-corrected chi connectivity index (χ2v) is 4.27. The van der Waals surface area contributed by atoms with E-state index >= 15 is 0 Å². The molecule has 0 saturated carbocycles. The van der Waals surface area contributed by atoms with Gasteiger partial charge in [-0.2, -0.15) is 5.10 Å². The zero-order chi connectivity index (χ0) is 13.7. The second kappa shape index (κ2) is 6.07. The molecule has 0 aliphatic carbocycles. The SMILES string of the molecule is Cc1ccc(OCc2ccn(C)n2)c(C#CCN)c1. The van der Waals surface area contributed by atoms with Crippen molar-refractivity contribution in [2.75, 3.05) is 6.54 Å². The van der Waals surface area contributed by atoms with Crippen LogP contribution in [-0.2, 0) is 13.7 Å². The number of ether oxygens (including phenoxy) is 1. The third-order valence-electron chi connectivity index (χ3n) is 2.60. The first-order chi connectivity index (χ1) is 9.19. The van der Waals surface area contributed by atoms with Crippen molar-refractivity contribution < 1.29 is 4.74 Å². The van der Waals surface area contributed by atoms with Crippen molar-refractivity contribution in [3.63, 3.8) is 0 Å². The molecule has 2 rings (SSSR count). The van der Waals surface area contributed by atoms with Crippen molar-refractivity contribution in [2.24, 2.45) is 12.8 Å². The van der Waals surface area contributed by atoms with Crippen LogP contribution in [0.2, 0.25) is 0 Å². The fraction of sp³-hybridized carbons (Fsp3) is 0.267. The standard InChI is InChI=1S/C15H17N3O/c1-12-5-6-15(13(10-12)4-3-8-16)19-11-14-7-9-18(2)17-14/h5-7,9-10H,8,11,16H2,1-2H3. The van der Waals surface area contributed by atoms with Crippen molar-refractivity contribution in [1.29, 1.82) is 0 Å². The summed E-state index contributed by atoms with van der Waals surface area (Å²) >= 11 is 0. The lowest BCUT2D eigenvalue weighted by molar-refractivity contribution is 0.299. The molecule has 0 aliphatic rings. The van der Waals surface area contributed by atoms with Gasteiger partial charge >= 0.3 is 0 Å². The van der Waals surface area contributed by atoms with Crippen molar-refractivity contribution in [1.82, 2.24) is 9.78 Å². The highest BCUT2D eigenvalue weighted by atomic mass is 16.5. The van der Waals surface area contributed by atoms with Gasteiger partial charge in [0.2, 0.25) is 0 Å². The van der Waals surface area contributed by atoms with Crippen LogP contribution in [0.5, 0.6) is 5.75 Å².